The first-order valence-electron chi connectivity index (χ1n) is 10.6. The standard InChI is InChI=1S/C26H26N2O4/c1-31-22-16-8-14-20(24(22)32-2)25(29)27-23(19-11-4-3-5-12-19)26(30)28-17-9-13-18-10-6-7-15-21(18)28/h3-8,10-12,14-16,23H,9,13,17H2,1-2H3,(H,27,29)/t23-/m0/s1. The molecule has 1 aliphatic heterocycles. The van der Waals surface area contributed by atoms with Gasteiger partial charge in [-0.25, -0.2) is 0 Å². The van der Waals surface area contributed by atoms with E-state index in [2.05, 4.69) is 5.32 Å². The number of hydrogen-bond acceptors (Lipinski definition) is 4. The molecule has 164 valence electrons. The number of benzene rings is 3. The van der Waals surface area contributed by atoms with Crippen molar-refractivity contribution in [1.29, 1.82) is 0 Å². The van der Waals surface area contributed by atoms with Gasteiger partial charge in [0.15, 0.2) is 11.5 Å². The number of nitrogens with zero attached hydrogens (tertiary/aromatic N) is 1. The van der Waals surface area contributed by atoms with Crippen LogP contribution in [-0.4, -0.2) is 32.6 Å². The van der Waals surface area contributed by atoms with Gasteiger partial charge in [0, 0.05) is 12.2 Å². The highest BCUT2D eigenvalue weighted by Crippen LogP contribution is 2.32. The zero-order valence-electron chi connectivity index (χ0n) is 18.2. The maximum absolute atomic E-state index is 13.8. The van der Waals surface area contributed by atoms with Crippen LogP contribution in [0.2, 0.25) is 0 Å². The zero-order valence-corrected chi connectivity index (χ0v) is 18.2. The van der Waals surface area contributed by atoms with Gasteiger partial charge in [-0.05, 0) is 42.2 Å². The molecule has 0 aliphatic carbocycles. The summed E-state index contributed by atoms with van der Waals surface area (Å²) >= 11 is 0. The van der Waals surface area contributed by atoms with Gasteiger partial charge in [-0.1, -0.05) is 54.6 Å². The Balaban J connectivity index is 1.69. The monoisotopic (exact) mass is 430 g/mol. The molecule has 0 spiro atoms. The molecule has 0 saturated heterocycles. The lowest BCUT2D eigenvalue weighted by atomic mass is 9.99. The number of para-hydroxylation sites is 2. The van der Waals surface area contributed by atoms with Crippen molar-refractivity contribution in [2.45, 2.75) is 18.9 Å². The minimum atomic E-state index is -0.842. The quantitative estimate of drug-likeness (QED) is 0.638. The van der Waals surface area contributed by atoms with E-state index in [0.717, 1.165) is 29.7 Å². The van der Waals surface area contributed by atoms with Gasteiger partial charge in [0.1, 0.15) is 6.04 Å². The van der Waals surface area contributed by atoms with Crippen LogP contribution in [0.3, 0.4) is 0 Å². The third-order valence-electron chi connectivity index (χ3n) is 5.68. The fourth-order valence-electron chi connectivity index (χ4n) is 4.13. The van der Waals surface area contributed by atoms with Crippen molar-refractivity contribution in [3.05, 3.63) is 89.5 Å². The number of aryl methyl sites for hydroxylation is 1. The Labute approximate surface area is 187 Å². The molecule has 0 bridgehead atoms. The molecule has 4 rings (SSSR count). The van der Waals surface area contributed by atoms with Gasteiger partial charge in [-0.15, -0.1) is 0 Å². The Bertz CT molecular complexity index is 1110. The Morgan fingerprint density at radius 3 is 2.41 bits per heavy atom. The minimum absolute atomic E-state index is 0.168. The van der Waals surface area contributed by atoms with Crippen LogP contribution in [0, 0.1) is 0 Å². The Kier molecular flexibility index (Phi) is 6.40. The number of hydrogen-bond donors (Lipinski definition) is 1. The second-order valence-corrected chi connectivity index (χ2v) is 7.58. The molecule has 3 aromatic carbocycles. The molecule has 6 nitrogen and oxygen atoms in total. The van der Waals surface area contributed by atoms with E-state index in [1.165, 1.54) is 14.2 Å². The molecule has 0 aromatic heterocycles. The average Bonchev–Trinajstić information content (AvgIpc) is 2.86. The Hall–Kier alpha value is -3.80. The molecule has 6 heteroatoms. The van der Waals surface area contributed by atoms with Crippen LogP contribution in [0.1, 0.15) is 33.9 Å². The molecular weight excluding hydrogens is 404 g/mol. The van der Waals surface area contributed by atoms with E-state index in [1.807, 2.05) is 54.6 Å². The van der Waals surface area contributed by atoms with E-state index < -0.39 is 11.9 Å². The smallest absolute Gasteiger partial charge is 0.256 e. The summed E-state index contributed by atoms with van der Waals surface area (Å²) in [6, 6.07) is 21.5. The molecule has 0 saturated carbocycles. The summed E-state index contributed by atoms with van der Waals surface area (Å²) in [5.74, 6) is 0.203. The van der Waals surface area contributed by atoms with E-state index in [0.29, 0.717) is 23.6 Å². The van der Waals surface area contributed by atoms with Crippen molar-refractivity contribution in [2.24, 2.45) is 0 Å². The fourth-order valence-corrected chi connectivity index (χ4v) is 4.13. The van der Waals surface area contributed by atoms with Crippen LogP contribution < -0.4 is 19.7 Å². The van der Waals surface area contributed by atoms with Gasteiger partial charge in [0.05, 0.1) is 19.8 Å². The van der Waals surface area contributed by atoms with Crippen molar-refractivity contribution in [2.75, 3.05) is 25.7 Å². The number of carbonyl (C=O) groups excluding carboxylic acids is 2. The summed E-state index contributed by atoms with van der Waals surface area (Å²) < 4.78 is 10.7. The number of rotatable bonds is 6. The third-order valence-corrected chi connectivity index (χ3v) is 5.68. The van der Waals surface area contributed by atoms with Gasteiger partial charge < -0.3 is 19.7 Å². The van der Waals surface area contributed by atoms with Crippen LogP contribution in [-0.2, 0) is 11.2 Å². The van der Waals surface area contributed by atoms with Crippen molar-refractivity contribution in [3.8, 4) is 11.5 Å². The normalized spacial score (nSPS) is 13.6. The number of amides is 2. The highest BCUT2D eigenvalue weighted by atomic mass is 16.5. The minimum Gasteiger partial charge on any atom is -0.493 e. The van der Waals surface area contributed by atoms with E-state index in [-0.39, 0.29) is 5.91 Å². The Morgan fingerprint density at radius 1 is 0.906 bits per heavy atom. The van der Waals surface area contributed by atoms with Gasteiger partial charge in [0.2, 0.25) is 0 Å². The number of anilines is 1. The molecule has 2 amide bonds. The Morgan fingerprint density at radius 2 is 1.66 bits per heavy atom. The number of carbonyl (C=O) groups is 2. The lowest BCUT2D eigenvalue weighted by molar-refractivity contribution is -0.120. The highest BCUT2D eigenvalue weighted by Gasteiger charge is 2.32. The maximum atomic E-state index is 13.8. The number of ether oxygens (including phenoxy) is 2. The number of methoxy groups -OCH3 is 2. The largest absolute Gasteiger partial charge is 0.493 e. The lowest BCUT2D eigenvalue weighted by Gasteiger charge is -2.33. The van der Waals surface area contributed by atoms with Gasteiger partial charge in [-0.2, -0.15) is 0 Å². The molecule has 0 fully saturated rings. The molecule has 1 N–H and O–H groups in total. The SMILES string of the molecule is COc1cccc(C(=O)N[C@H](C(=O)N2CCCc3ccccc32)c2ccccc2)c1OC. The molecular formula is C26H26N2O4. The summed E-state index contributed by atoms with van der Waals surface area (Å²) in [6.07, 6.45) is 1.81. The number of fused-ring (bicyclic) bond motifs is 1. The summed E-state index contributed by atoms with van der Waals surface area (Å²) in [6.45, 7) is 0.609. The van der Waals surface area contributed by atoms with Crippen molar-refractivity contribution >= 4 is 17.5 Å². The van der Waals surface area contributed by atoms with E-state index in [9.17, 15) is 9.59 Å². The lowest BCUT2D eigenvalue weighted by Crippen LogP contribution is -2.45. The van der Waals surface area contributed by atoms with Crippen molar-refractivity contribution in [1.82, 2.24) is 5.32 Å². The van der Waals surface area contributed by atoms with E-state index >= 15 is 0 Å². The molecule has 0 unspecified atom stereocenters. The number of nitrogens with one attached hydrogen (secondary N) is 1. The van der Waals surface area contributed by atoms with Gasteiger partial charge in [0.25, 0.3) is 11.8 Å². The van der Waals surface area contributed by atoms with Gasteiger partial charge >= 0.3 is 0 Å². The van der Waals surface area contributed by atoms with Crippen LogP contribution in [0.25, 0.3) is 0 Å². The predicted octanol–water partition coefficient (Wildman–Crippen LogP) is 4.15. The third kappa shape index (κ3) is 4.17. The fraction of sp³-hybridized carbons (Fsp3) is 0.231. The predicted molar refractivity (Wildman–Crippen MR) is 123 cm³/mol. The summed E-state index contributed by atoms with van der Waals surface area (Å²) in [5.41, 5.74) is 3.06. The topological polar surface area (TPSA) is 67.9 Å². The van der Waals surface area contributed by atoms with Crippen molar-refractivity contribution < 1.29 is 19.1 Å². The first-order valence-corrected chi connectivity index (χ1v) is 10.6. The van der Waals surface area contributed by atoms with Crippen LogP contribution >= 0.6 is 0 Å². The van der Waals surface area contributed by atoms with E-state index in [1.54, 1.807) is 23.1 Å². The highest BCUT2D eigenvalue weighted by molar-refractivity contribution is 6.04. The summed E-state index contributed by atoms with van der Waals surface area (Å²) in [5, 5.41) is 2.94. The van der Waals surface area contributed by atoms with Crippen LogP contribution in [0.5, 0.6) is 11.5 Å². The van der Waals surface area contributed by atoms with Gasteiger partial charge in [-0.3, -0.25) is 9.59 Å². The summed E-state index contributed by atoms with van der Waals surface area (Å²) in [4.78, 5) is 28.8. The molecule has 1 heterocycles. The summed E-state index contributed by atoms with van der Waals surface area (Å²) in [7, 11) is 3.00. The molecule has 1 atom stereocenters. The average molecular weight is 431 g/mol. The first-order chi connectivity index (χ1) is 15.6. The zero-order chi connectivity index (χ0) is 22.5. The maximum Gasteiger partial charge on any atom is 0.256 e. The second kappa shape index (κ2) is 9.56. The molecule has 1 aliphatic rings. The van der Waals surface area contributed by atoms with Crippen LogP contribution in [0.4, 0.5) is 5.69 Å². The van der Waals surface area contributed by atoms with E-state index in [4.69, 9.17) is 9.47 Å². The molecule has 32 heavy (non-hydrogen) atoms. The second-order valence-electron chi connectivity index (χ2n) is 7.58. The molecule has 3 aromatic rings. The van der Waals surface area contributed by atoms with Crippen molar-refractivity contribution in [3.63, 3.8) is 0 Å². The van der Waals surface area contributed by atoms with Crippen LogP contribution in [0.15, 0.2) is 72.8 Å². The first kappa shape index (κ1) is 21.4. The molecule has 0 radical (unpaired) electrons.